The van der Waals surface area contributed by atoms with E-state index in [1.165, 1.54) is 11.3 Å². The molecule has 0 bridgehead atoms. The van der Waals surface area contributed by atoms with E-state index in [2.05, 4.69) is 34.7 Å². The Morgan fingerprint density at radius 2 is 1.62 bits per heavy atom. The zero-order chi connectivity index (χ0) is 20.8. The Balaban J connectivity index is 1.58. The molecule has 150 valence electrons. The molecule has 7 heteroatoms. The van der Waals surface area contributed by atoms with Crippen LogP contribution in [0.5, 0.6) is 0 Å². The summed E-state index contributed by atoms with van der Waals surface area (Å²) in [5, 5.41) is 15.0. The van der Waals surface area contributed by atoms with Gasteiger partial charge in [0.1, 0.15) is 5.01 Å². The first-order valence-corrected chi connectivity index (χ1v) is 10.3. The summed E-state index contributed by atoms with van der Waals surface area (Å²) in [6.45, 7) is 6.14. The van der Waals surface area contributed by atoms with Crippen LogP contribution in [0.4, 0.5) is 5.69 Å². The maximum atomic E-state index is 12.5. The number of carbonyl (C=O) groups excluding carboxylic acids is 2. The molecule has 0 aliphatic rings. The molecule has 29 heavy (non-hydrogen) atoms. The SMILES string of the molecule is CC(C)Cc1nnc(C(=O)Nc2ccc(C(=O)N[C@@H](C)c3ccccc3)cc2)s1. The van der Waals surface area contributed by atoms with Gasteiger partial charge in [-0.2, -0.15) is 0 Å². The molecule has 2 aromatic carbocycles. The average molecular weight is 409 g/mol. The fraction of sp³-hybridized carbons (Fsp3) is 0.273. The van der Waals surface area contributed by atoms with E-state index in [1.54, 1.807) is 24.3 Å². The number of rotatable bonds is 7. The summed E-state index contributed by atoms with van der Waals surface area (Å²) in [5.74, 6) is -0.00347. The van der Waals surface area contributed by atoms with Crippen LogP contribution < -0.4 is 10.6 Å². The van der Waals surface area contributed by atoms with Gasteiger partial charge in [0.25, 0.3) is 11.8 Å². The lowest BCUT2D eigenvalue weighted by Crippen LogP contribution is -2.26. The Morgan fingerprint density at radius 3 is 2.28 bits per heavy atom. The zero-order valence-corrected chi connectivity index (χ0v) is 17.5. The summed E-state index contributed by atoms with van der Waals surface area (Å²) in [4.78, 5) is 24.8. The quantitative estimate of drug-likeness (QED) is 0.604. The minimum atomic E-state index is -0.299. The minimum Gasteiger partial charge on any atom is -0.346 e. The third-order valence-corrected chi connectivity index (χ3v) is 5.24. The Kier molecular flexibility index (Phi) is 6.72. The lowest BCUT2D eigenvalue weighted by molar-refractivity contribution is 0.0939. The van der Waals surface area contributed by atoms with Crippen molar-refractivity contribution >= 4 is 28.8 Å². The summed E-state index contributed by atoms with van der Waals surface area (Å²) in [7, 11) is 0. The Morgan fingerprint density at radius 1 is 0.931 bits per heavy atom. The highest BCUT2D eigenvalue weighted by Gasteiger charge is 2.15. The van der Waals surface area contributed by atoms with E-state index in [4.69, 9.17) is 0 Å². The van der Waals surface area contributed by atoms with Crippen molar-refractivity contribution in [1.29, 1.82) is 0 Å². The Labute approximate surface area is 174 Å². The maximum absolute atomic E-state index is 12.5. The Hall–Kier alpha value is -3.06. The summed E-state index contributed by atoms with van der Waals surface area (Å²) < 4.78 is 0. The van der Waals surface area contributed by atoms with Crippen LogP contribution in [0.25, 0.3) is 0 Å². The molecular formula is C22H24N4O2S. The molecule has 1 heterocycles. The standard InChI is InChI=1S/C22H24N4O2S/c1-14(2)13-19-25-26-22(29-19)21(28)24-18-11-9-17(10-12-18)20(27)23-15(3)16-7-5-4-6-8-16/h4-12,14-15H,13H2,1-3H3,(H,23,27)(H,24,28)/t15-/m0/s1. The molecule has 0 unspecified atom stereocenters. The molecule has 0 fully saturated rings. The van der Waals surface area contributed by atoms with Crippen LogP contribution >= 0.6 is 11.3 Å². The van der Waals surface area contributed by atoms with Crippen molar-refractivity contribution < 1.29 is 9.59 Å². The number of amides is 2. The number of nitrogens with zero attached hydrogens (tertiary/aromatic N) is 2. The number of anilines is 1. The lowest BCUT2D eigenvalue weighted by Gasteiger charge is -2.14. The normalized spacial score (nSPS) is 11.9. The number of carbonyl (C=O) groups is 2. The van der Waals surface area contributed by atoms with Gasteiger partial charge < -0.3 is 10.6 Å². The van der Waals surface area contributed by atoms with Gasteiger partial charge in [0.15, 0.2) is 0 Å². The van der Waals surface area contributed by atoms with Gasteiger partial charge in [-0.3, -0.25) is 9.59 Å². The summed E-state index contributed by atoms with van der Waals surface area (Å²) >= 11 is 1.30. The first-order valence-electron chi connectivity index (χ1n) is 9.52. The Bertz CT molecular complexity index is 968. The zero-order valence-electron chi connectivity index (χ0n) is 16.7. The van der Waals surface area contributed by atoms with Gasteiger partial charge in [-0.05, 0) is 42.7 Å². The van der Waals surface area contributed by atoms with Crippen molar-refractivity contribution in [1.82, 2.24) is 15.5 Å². The highest BCUT2D eigenvalue weighted by molar-refractivity contribution is 7.13. The molecule has 1 atom stereocenters. The molecule has 0 saturated carbocycles. The van der Waals surface area contributed by atoms with Crippen molar-refractivity contribution in [2.24, 2.45) is 5.92 Å². The highest BCUT2D eigenvalue weighted by Crippen LogP contribution is 2.17. The molecule has 6 nitrogen and oxygen atoms in total. The first-order chi connectivity index (χ1) is 13.9. The van der Waals surface area contributed by atoms with Crippen molar-refractivity contribution in [3.8, 4) is 0 Å². The maximum Gasteiger partial charge on any atom is 0.286 e. The third-order valence-electron chi connectivity index (χ3n) is 4.30. The predicted molar refractivity (Wildman–Crippen MR) is 115 cm³/mol. The topological polar surface area (TPSA) is 84.0 Å². The van der Waals surface area contributed by atoms with E-state index in [-0.39, 0.29) is 17.9 Å². The number of hydrogen-bond donors (Lipinski definition) is 2. The molecule has 0 spiro atoms. The first kappa shape index (κ1) is 20.7. The average Bonchev–Trinajstić information content (AvgIpc) is 3.17. The van der Waals surface area contributed by atoms with Crippen molar-refractivity contribution in [3.05, 3.63) is 75.7 Å². The van der Waals surface area contributed by atoms with Gasteiger partial charge in [0.2, 0.25) is 5.01 Å². The second-order valence-corrected chi connectivity index (χ2v) is 8.30. The van der Waals surface area contributed by atoms with E-state index in [0.717, 1.165) is 17.0 Å². The molecule has 1 aromatic heterocycles. The molecule has 0 aliphatic heterocycles. The minimum absolute atomic E-state index is 0.0967. The van der Waals surface area contributed by atoms with Crippen LogP contribution in [0.15, 0.2) is 54.6 Å². The van der Waals surface area contributed by atoms with E-state index in [0.29, 0.717) is 22.2 Å². The van der Waals surface area contributed by atoms with E-state index in [1.807, 2.05) is 37.3 Å². The third kappa shape index (κ3) is 5.71. The largest absolute Gasteiger partial charge is 0.346 e. The van der Waals surface area contributed by atoms with Gasteiger partial charge >= 0.3 is 0 Å². The molecule has 0 aliphatic carbocycles. The lowest BCUT2D eigenvalue weighted by atomic mass is 10.1. The van der Waals surface area contributed by atoms with Crippen molar-refractivity contribution in [2.45, 2.75) is 33.2 Å². The van der Waals surface area contributed by atoms with E-state index >= 15 is 0 Å². The van der Waals surface area contributed by atoms with Gasteiger partial charge in [-0.25, -0.2) is 0 Å². The monoisotopic (exact) mass is 408 g/mol. The second-order valence-electron chi connectivity index (χ2n) is 7.24. The van der Waals surface area contributed by atoms with Crippen molar-refractivity contribution in [2.75, 3.05) is 5.32 Å². The second kappa shape index (κ2) is 9.43. The van der Waals surface area contributed by atoms with Crippen LogP contribution in [0, 0.1) is 5.92 Å². The summed E-state index contributed by atoms with van der Waals surface area (Å²) in [5.41, 5.74) is 2.17. The highest BCUT2D eigenvalue weighted by atomic mass is 32.1. The van der Waals surface area contributed by atoms with Gasteiger partial charge in [-0.1, -0.05) is 55.5 Å². The van der Waals surface area contributed by atoms with Crippen LogP contribution in [0.3, 0.4) is 0 Å². The van der Waals surface area contributed by atoms with Gasteiger partial charge in [0, 0.05) is 17.7 Å². The van der Waals surface area contributed by atoms with Crippen LogP contribution in [-0.4, -0.2) is 22.0 Å². The molecule has 3 aromatic rings. The number of aromatic nitrogens is 2. The number of benzene rings is 2. The molecule has 0 saturated heterocycles. The molecule has 2 N–H and O–H groups in total. The van der Waals surface area contributed by atoms with Gasteiger partial charge in [0.05, 0.1) is 6.04 Å². The number of hydrogen-bond acceptors (Lipinski definition) is 5. The van der Waals surface area contributed by atoms with Crippen LogP contribution in [0.1, 0.15) is 57.5 Å². The molecular weight excluding hydrogens is 384 g/mol. The molecule has 3 rings (SSSR count). The molecule has 2 amide bonds. The fourth-order valence-corrected chi connectivity index (χ4v) is 3.72. The van der Waals surface area contributed by atoms with Crippen molar-refractivity contribution in [3.63, 3.8) is 0 Å². The van der Waals surface area contributed by atoms with Gasteiger partial charge in [-0.15, -0.1) is 10.2 Å². The van der Waals surface area contributed by atoms with E-state index in [9.17, 15) is 9.59 Å². The van der Waals surface area contributed by atoms with Crippen LogP contribution in [-0.2, 0) is 6.42 Å². The van der Waals surface area contributed by atoms with Crippen LogP contribution in [0.2, 0.25) is 0 Å². The predicted octanol–water partition coefficient (Wildman–Crippen LogP) is 4.48. The fourth-order valence-electron chi connectivity index (χ4n) is 2.77. The number of nitrogens with one attached hydrogen (secondary N) is 2. The summed E-state index contributed by atoms with van der Waals surface area (Å²) in [6, 6.07) is 16.5. The van der Waals surface area contributed by atoms with E-state index < -0.39 is 0 Å². The smallest absolute Gasteiger partial charge is 0.286 e. The summed E-state index contributed by atoms with van der Waals surface area (Å²) in [6.07, 6.45) is 0.802. The molecule has 0 radical (unpaired) electrons.